The molecule has 8 heteroatoms. The number of amides is 2. The first kappa shape index (κ1) is 16.7. The zero-order valence-electron chi connectivity index (χ0n) is 12.6. The third-order valence-electron chi connectivity index (χ3n) is 2.95. The molecule has 116 valence electrons. The van der Waals surface area contributed by atoms with Gasteiger partial charge in [0.15, 0.2) is 0 Å². The lowest BCUT2D eigenvalue weighted by Gasteiger charge is -2.26. The lowest BCUT2D eigenvalue weighted by molar-refractivity contribution is -0.138. The van der Waals surface area contributed by atoms with E-state index < -0.39 is 12.0 Å². The van der Waals surface area contributed by atoms with E-state index in [2.05, 4.69) is 15.3 Å². The van der Waals surface area contributed by atoms with Gasteiger partial charge < -0.3 is 14.7 Å². The molecule has 0 bridgehead atoms. The molecule has 1 rings (SSSR count). The number of nitrogens with one attached hydrogen (secondary N) is 1. The summed E-state index contributed by atoms with van der Waals surface area (Å²) in [7, 11) is 1.46. The molecule has 1 aromatic rings. The maximum Gasteiger partial charge on any atom is 0.325 e. The number of carbonyl (C=O) groups excluding carboxylic acids is 1. The monoisotopic (exact) mass is 296 g/mol. The Morgan fingerprint density at radius 2 is 2.14 bits per heavy atom. The zero-order valence-corrected chi connectivity index (χ0v) is 12.6. The maximum absolute atomic E-state index is 12.2. The Labute approximate surface area is 123 Å². The van der Waals surface area contributed by atoms with E-state index in [0.29, 0.717) is 18.0 Å². The van der Waals surface area contributed by atoms with E-state index in [0.717, 1.165) is 0 Å². The van der Waals surface area contributed by atoms with Crippen molar-refractivity contribution >= 4 is 17.9 Å². The van der Waals surface area contributed by atoms with Gasteiger partial charge in [0.1, 0.15) is 6.54 Å². The summed E-state index contributed by atoms with van der Waals surface area (Å²) in [6, 6.07) is 0.853. The van der Waals surface area contributed by atoms with Crippen molar-refractivity contribution in [3.05, 3.63) is 11.8 Å². The van der Waals surface area contributed by atoms with Gasteiger partial charge in [-0.25, -0.2) is 9.78 Å². The summed E-state index contributed by atoms with van der Waals surface area (Å²) in [6.45, 7) is 5.01. The molecule has 0 saturated carbocycles. The second-order valence-electron chi connectivity index (χ2n) is 4.58. The van der Waals surface area contributed by atoms with Gasteiger partial charge in [0.05, 0.1) is 7.11 Å². The molecule has 0 aliphatic heterocycles. The summed E-state index contributed by atoms with van der Waals surface area (Å²) in [6.07, 6.45) is 0.638. The molecule has 8 nitrogen and oxygen atoms in total. The van der Waals surface area contributed by atoms with Crippen LogP contribution in [0.3, 0.4) is 0 Å². The van der Waals surface area contributed by atoms with Crippen LogP contribution in [-0.2, 0) is 4.79 Å². The summed E-state index contributed by atoms with van der Waals surface area (Å²) in [5.74, 6) is -0.671. The largest absolute Gasteiger partial charge is 0.481 e. The number of carboxylic acid groups (broad SMARTS) is 1. The molecule has 2 amide bonds. The summed E-state index contributed by atoms with van der Waals surface area (Å²) in [5, 5.41) is 11.4. The molecule has 1 heterocycles. The number of methoxy groups -OCH3 is 1. The number of hydrogen-bond donors (Lipinski definition) is 2. The fraction of sp³-hybridized carbons (Fsp3) is 0.538. The number of urea groups is 1. The minimum Gasteiger partial charge on any atom is -0.481 e. The van der Waals surface area contributed by atoms with Gasteiger partial charge in [-0.1, -0.05) is 6.92 Å². The Hall–Kier alpha value is -2.38. The van der Waals surface area contributed by atoms with Crippen molar-refractivity contribution < 1.29 is 19.4 Å². The van der Waals surface area contributed by atoms with Crippen LogP contribution in [0, 0.1) is 6.92 Å². The van der Waals surface area contributed by atoms with Crippen LogP contribution in [0.25, 0.3) is 0 Å². The van der Waals surface area contributed by atoms with Crippen LogP contribution in [0.15, 0.2) is 6.07 Å². The number of aliphatic carboxylic acids is 1. The Bertz CT molecular complexity index is 521. The molecule has 2 N–H and O–H groups in total. The number of carboxylic acids is 1. The quantitative estimate of drug-likeness (QED) is 0.824. The van der Waals surface area contributed by atoms with Crippen LogP contribution >= 0.6 is 0 Å². The molecule has 1 atom stereocenters. The molecule has 1 unspecified atom stereocenters. The third-order valence-corrected chi connectivity index (χ3v) is 2.95. The number of rotatable bonds is 6. The number of carbonyl (C=O) groups is 2. The Balaban J connectivity index is 2.90. The Morgan fingerprint density at radius 1 is 1.48 bits per heavy atom. The van der Waals surface area contributed by atoms with Gasteiger partial charge in [0.2, 0.25) is 11.8 Å². The maximum atomic E-state index is 12.2. The van der Waals surface area contributed by atoms with Crippen molar-refractivity contribution in [2.45, 2.75) is 33.2 Å². The van der Waals surface area contributed by atoms with Crippen molar-refractivity contribution in [2.24, 2.45) is 0 Å². The van der Waals surface area contributed by atoms with Crippen LogP contribution in [-0.4, -0.2) is 51.7 Å². The summed E-state index contributed by atoms with van der Waals surface area (Å²) in [5.41, 5.74) is 0.630. The third kappa shape index (κ3) is 4.90. The second kappa shape index (κ2) is 7.41. The molecule has 0 radical (unpaired) electrons. The van der Waals surface area contributed by atoms with Crippen molar-refractivity contribution in [3.63, 3.8) is 0 Å². The molecule has 21 heavy (non-hydrogen) atoms. The Kier molecular flexibility index (Phi) is 5.89. The molecule has 0 aliphatic carbocycles. The highest BCUT2D eigenvalue weighted by Crippen LogP contribution is 2.13. The lowest BCUT2D eigenvalue weighted by atomic mass is 10.2. The van der Waals surface area contributed by atoms with E-state index in [-0.39, 0.29) is 18.5 Å². The summed E-state index contributed by atoms with van der Waals surface area (Å²) >= 11 is 0. The van der Waals surface area contributed by atoms with Crippen molar-refractivity contribution in [3.8, 4) is 5.88 Å². The number of anilines is 1. The van der Waals surface area contributed by atoms with Gasteiger partial charge >= 0.3 is 12.0 Å². The van der Waals surface area contributed by atoms with Gasteiger partial charge in [-0.2, -0.15) is 4.98 Å². The van der Waals surface area contributed by atoms with Gasteiger partial charge in [-0.3, -0.25) is 10.1 Å². The standard InChI is InChI=1S/C13H20N4O4/c1-5-9(3)17(7-11(18)19)13(20)16-12-14-8(2)6-10(15-12)21-4/h6,9H,5,7H2,1-4H3,(H,18,19)(H,14,15,16,20). The fourth-order valence-corrected chi connectivity index (χ4v) is 1.66. The highest BCUT2D eigenvalue weighted by atomic mass is 16.5. The summed E-state index contributed by atoms with van der Waals surface area (Å²) < 4.78 is 5.00. The average Bonchev–Trinajstić information content (AvgIpc) is 2.42. The normalized spacial score (nSPS) is 11.6. The van der Waals surface area contributed by atoms with E-state index in [1.54, 1.807) is 19.9 Å². The first-order valence-electron chi connectivity index (χ1n) is 6.56. The van der Waals surface area contributed by atoms with Crippen LogP contribution < -0.4 is 10.1 Å². The molecule has 0 aromatic carbocycles. The molecular weight excluding hydrogens is 276 g/mol. The number of nitrogens with zero attached hydrogens (tertiary/aromatic N) is 3. The minimum absolute atomic E-state index is 0.0792. The first-order chi connectivity index (χ1) is 9.87. The van der Waals surface area contributed by atoms with E-state index in [1.807, 2.05) is 6.92 Å². The first-order valence-corrected chi connectivity index (χ1v) is 6.56. The number of aryl methyl sites for hydroxylation is 1. The van der Waals surface area contributed by atoms with Crippen LogP contribution in [0.4, 0.5) is 10.7 Å². The summed E-state index contributed by atoms with van der Waals surface area (Å²) in [4.78, 5) is 32.4. The molecular formula is C13H20N4O4. The molecule has 0 aliphatic rings. The van der Waals surface area contributed by atoms with Crippen LogP contribution in [0.2, 0.25) is 0 Å². The smallest absolute Gasteiger partial charge is 0.325 e. The average molecular weight is 296 g/mol. The highest BCUT2D eigenvalue weighted by Gasteiger charge is 2.22. The van der Waals surface area contributed by atoms with E-state index in [1.165, 1.54) is 12.0 Å². The predicted molar refractivity (Wildman–Crippen MR) is 76.4 cm³/mol. The Morgan fingerprint density at radius 3 is 2.67 bits per heavy atom. The van der Waals surface area contributed by atoms with Gasteiger partial charge in [0, 0.05) is 17.8 Å². The van der Waals surface area contributed by atoms with Crippen molar-refractivity contribution in [2.75, 3.05) is 19.0 Å². The van der Waals surface area contributed by atoms with E-state index in [9.17, 15) is 9.59 Å². The van der Waals surface area contributed by atoms with Gasteiger partial charge in [0.25, 0.3) is 0 Å². The lowest BCUT2D eigenvalue weighted by Crippen LogP contribution is -2.44. The molecule has 1 aromatic heterocycles. The van der Waals surface area contributed by atoms with Gasteiger partial charge in [-0.05, 0) is 20.3 Å². The predicted octanol–water partition coefficient (Wildman–Crippen LogP) is 1.51. The highest BCUT2D eigenvalue weighted by molar-refractivity contribution is 5.90. The van der Waals surface area contributed by atoms with Gasteiger partial charge in [-0.15, -0.1) is 0 Å². The minimum atomic E-state index is -1.08. The molecule has 0 saturated heterocycles. The number of ether oxygens (including phenoxy) is 1. The van der Waals surface area contributed by atoms with E-state index in [4.69, 9.17) is 9.84 Å². The van der Waals surface area contributed by atoms with Crippen molar-refractivity contribution in [1.29, 1.82) is 0 Å². The topological polar surface area (TPSA) is 105 Å². The van der Waals surface area contributed by atoms with E-state index >= 15 is 0 Å². The zero-order chi connectivity index (χ0) is 16.0. The SMILES string of the molecule is CCC(C)N(CC(=O)O)C(=O)Nc1nc(C)cc(OC)n1. The molecule has 0 spiro atoms. The number of hydrogen-bond acceptors (Lipinski definition) is 5. The van der Waals surface area contributed by atoms with Crippen LogP contribution in [0.1, 0.15) is 26.0 Å². The van der Waals surface area contributed by atoms with Crippen LogP contribution in [0.5, 0.6) is 5.88 Å². The van der Waals surface area contributed by atoms with Crippen molar-refractivity contribution in [1.82, 2.24) is 14.9 Å². The number of aromatic nitrogens is 2. The molecule has 0 fully saturated rings. The second-order valence-corrected chi connectivity index (χ2v) is 4.58. The fourth-order valence-electron chi connectivity index (χ4n) is 1.66.